The molecule has 0 aromatic carbocycles. The van der Waals surface area contributed by atoms with Gasteiger partial charge in [-0.1, -0.05) is 11.9 Å². The van der Waals surface area contributed by atoms with E-state index in [4.69, 9.17) is 5.11 Å². The first-order chi connectivity index (χ1) is 5.24. The van der Waals surface area contributed by atoms with Gasteiger partial charge in [-0.2, -0.15) is 0 Å². The van der Waals surface area contributed by atoms with E-state index in [0.29, 0.717) is 13.1 Å². The van der Waals surface area contributed by atoms with Gasteiger partial charge in [0.15, 0.2) is 0 Å². The molecule has 1 amide bonds. The number of carboxylic acid groups (broad SMARTS) is 1. The zero-order valence-corrected chi connectivity index (χ0v) is 7.30. The van der Waals surface area contributed by atoms with Crippen LogP contribution < -0.4 is 0 Å². The maximum atomic E-state index is 10.4. The van der Waals surface area contributed by atoms with Crippen molar-refractivity contribution in [3.05, 3.63) is 0 Å². The molecule has 0 radical (unpaired) electrons. The fraction of sp³-hybridized carbons (Fsp3) is 0.833. The summed E-state index contributed by atoms with van der Waals surface area (Å²) in [6.45, 7) is 2.95. The summed E-state index contributed by atoms with van der Waals surface area (Å²) in [6.07, 6.45) is 1.21. The predicted octanol–water partition coefficient (Wildman–Crippen LogP) is 0.560. The van der Waals surface area contributed by atoms with E-state index in [0.717, 1.165) is 13.1 Å². The highest BCUT2D eigenvalue weighted by molar-refractivity contribution is 7.96. The molecule has 1 aliphatic rings. The van der Waals surface area contributed by atoms with Gasteiger partial charge in [-0.3, -0.25) is 0 Å². The van der Waals surface area contributed by atoms with Gasteiger partial charge >= 0.3 is 6.09 Å². The molecule has 0 atom stereocenters. The summed E-state index contributed by atoms with van der Waals surface area (Å²) < 4.78 is 2.17. The van der Waals surface area contributed by atoms with Crippen LogP contribution in [0.25, 0.3) is 0 Å². The lowest BCUT2D eigenvalue weighted by Crippen LogP contribution is -2.45. The molecule has 4 nitrogen and oxygen atoms in total. The van der Waals surface area contributed by atoms with Gasteiger partial charge in [-0.05, 0) is 6.26 Å². The summed E-state index contributed by atoms with van der Waals surface area (Å²) >= 11 is 1.67. The Morgan fingerprint density at radius 2 is 1.91 bits per heavy atom. The summed E-state index contributed by atoms with van der Waals surface area (Å²) in [7, 11) is 0. The van der Waals surface area contributed by atoms with E-state index in [1.807, 2.05) is 6.26 Å². The van der Waals surface area contributed by atoms with Crippen LogP contribution in [0.2, 0.25) is 0 Å². The number of rotatable bonds is 1. The Morgan fingerprint density at radius 1 is 1.36 bits per heavy atom. The van der Waals surface area contributed by atoms with Crippen LogP contribution in [0.3, 0.4) is 0 Å². The van der Waals surface area contributed by atoms with E-state index in [-0.39, 0.29) is 0 Å². The highest BCUT2D eigenvalue weighted by atomic mass is 32.2. The molecule has 0 aliphatic carbocycles. The molecule has 5 heteroatoms. The number of hydrogen-bond donors (Lipinski definition) is 1. The third-order valence-corrected chi connectivity index (χ3v) is 2.65. The van der Waals surface area contributed by atoms with Crippen molar-refractivity contribution in [3.8, 4) is 0 Å². The van der Waals surface area contributed by atoms with Crippen molar-refractivity contribution in [2.45, 2.75) is 0 Å². The maximum Gasteiger partial charge on any atom is 0.407 e. The first kappa shape index (κ1) is 8.67. The molecule has 1 aliphatic heterocycles. The quantitative estimate of drug-likeness (QED) is 0.593. The first-order valence-electron chi connectivity index (χ1n) is 3.51. The number of amides is 1. The van der Waals surface area contributed by atoms with Crippen molar-refractivity contribution < 1.29 is 9.90 Å². The van der Waals surface area contributed by atoms with Gasteiger partial charge in [0.1, 0.15) is 0 Å². The summed E-state index contributed by atoms with van der Waals surface area (Å²) in [4.78, 5) is 11.9. The minimum absolute atomic E-state index is 0.635. The van der Waals surface area contributed by atoms with Crippen molar-refractivity contribution in [1.29, 1.82) is 0 Å². The van der Waals surface area contributed by atoms with Gasteiger partial charge < -0.3 is 10.0 Å². The molecule has 1 rings (SSSR count). The lowest BCUT2D eigenvalue weighted by molar-refractivity contribution is 0.128. The highest BCUT2D eigenvalue weighted by Crippen LogP contribution is 2.09. The summed E-state index contributed by atoms with van der Waals surface area (Å²) in [5.41, 5.74) is 0. The second-order valence-corrected chi connectivity index (χ2v) is 3.26. The summed E-state index contributed by atoms with van der Waals surface area (Å²) in [6, 6.07) is 0. The number of nitrogens with zero attached hydrogens (tertiary/aromatic N) is 2. The van der Waals surface area contributed by atoms with Crippen LogP contribution in [0.1, 0.15) is 0 Å². The molecule has 0 unspecified atom stereocenters. The monoisotopic (exact) mass is 176 g/mol. The fourth-order valence-corrected chi connectivity index (χ4v) is 1.59. The third-order valence-electron chi connectivity index (χ3n) is 1.77. The van der Waals surface area contributed by atoms with Crippen molar-refractivity contribution >= 4 is 18.0 Å². The molecule has 1 N–H and O–H groups in total. The molecule has 0 bridgehead atoms. The molecule has 0 saturated carbocycles. The van der Waals surface area contributed by atoms with E-state index in [1.165, 1.54) is 4.90 Å². The summed E-state index contributed by atoms with van der Waals surface area (Å²) in [5, 5.41) is 8.60. The predicted molar refractivity (Wildman–Crippen MR) is 44.7 cm³/mol. The van der Waals surface area contributed by atoms with Crippen LogP contribution >= 0.6 is 11.9 Å². The zero-order chi connectivity index (χ0) is 8.27. The van der Waals surface area contributed by atoms with Gasteiger partial charge in [-0.15, -0.1) is 0 Å². The van der Waals surface area contributed by atoms with Crippen LogP contribution in [0.15, 0.2) is 0 Å². The average Bonchev–Trinajstić information content (AvgIpc) is 2.05. The topological polar surface area (TPSA) is 43.8 Å². The molecule has 1 saturated heterocycles. The van der Waals surface area contributed by atoms with Gasteiger partial charge in [0, 0.05) is 26.2 Å². The smallest absolute Gasteiger partial charge is 0.407 e. The van der Waals surface area contributed by atoms with Gasteiger partial charge in [0.05, 0.1) is 0 Å². The Bertz CT molecular complexity index is 146. The standard InChI is InChI=1S/C6H12N2O2S/c1-11-8-4-2-7(3-5-8)6(9)10/h2-5H2,1H3,(H,9,10). The fourth-order valence-electron chi connectivity index (χ4n) is 1.06. The third kappa shape index (κ3) is 2.27. The Hall–Kier alpha value is -0.420. The lowest BCUT2D eigenvalue weighted by atomic mass is 10.4. The number of carbonyl (C=O) groups is 1. The van der Waals surface area contributed by atoms with Crippen molar-refractivity contribution in [2.75, 3.05) is 32.4 Å². The number of hydrogen-bond acceptors (Lipinski definition) is 3. The average molecular weight is 176 g/mol. The van der Waals surface area contributed by atoms with Crippen LogP contribution in [0.4, 0.5) is 4.79 Å². The molecule has 0 aromatic rings. The molecular weight excluding hydrogens is 164 g/mol. The van der Waals surface area contributed by atoms with Gasteiger partial charge in [-0.25, -0.2) is 9.10 Å². The second kappa shape index (κ2) is 3.82. The highest BCUT2D eigenvalue weighted by Gasteiger charge is 2.19. The Morgan fingerprint density at radius 3 is 2.27 bits per heavy atom. The van der Waals surface area contributed by atoms with Crippen molar-refractivity contribution in [2.24, 2.45) is 0 Å². The maximum absolute atomic E-state index is 10.4. The molecule has 64 valence electrons. The number of piperazine rings is 1. The van der Waals surface area contributed by atoms with E-state index >= 15 is 0 Å². The van der Waals surface area contributed by atoms with E-state index in [9.17, 15) is 4.79 Å². The van der Waals surface area contributed by atoms with E-state index in [1.54, 1.807) is 11.9 Å². The van der Waals surface area contributed by atoms with Crippen LogP contribution in [-0.2, 0) is 0 Å². The minimum atomic E-state index is -0.800. The van der Waals surface area contributed by atoms with Crippen molar-refractivity contribution in [3.63, 3.8) is 0 Å². The summed E-state index contributed by atoms with van der Waals surface area (Å²) in [5.74, 6) is 0. The molecule has 0 aromatic heterocycles. The first-order valence-corrected chi connectivity index (χ1v) is 4.69. The molecule has 1 heterocycles. The Labute approximate surface area is 70.3 Å². The van der Waals surface area contributed by atoms with Crippen molar-refractivity contribution in [1.82, 2.24) is 9.21 Å². The second-order valence-electron chi connectivity index (χ2n) is 2.38. The molecule has 1 fully saturated rings. The SMILES string of the molecule is CSN1CCN(C(=O)O)CC1. The lowest BCUT2D eigenvalue weighted by Gasteiger charge is -2.31. The van der Waals surface area contributed by atoms with Crippen LogP contribution in [0.5, 0.6) is 0 Å². The van der Waals surface area contributed by atoms with Gasteiger partial charge in [0.2, 0.25) is 0 Å². The Balaban J connectivity index is 2.30. The van der Waals surface area contributed by atoms with E-state index in [2.05, 4.69) is 4.31 Å². The largest absolute Gasteiger partial charge is 0.465 e. The zero-order valence-electron chi connectivity index (χ0n) is 6.49. The Kier molecular flexibility index (Phi) is 3.02. The van der Waals surface area contributed by atoms with Crippen LogP contribution in [-0.4, -0.2) is 52.8 Å². The molecule has 0 spiro atoms. The van der Waals surface area contributed by atoms with E-state index < -0.39 is 6.09 Å². The van der Waals surface area contributed by atoms with Crippen LogP contribution in [0, 0.1) is 0 Å². The molecule has 11 heavy (non-hydrogen) atoms. The minimum Gasteiger partial charge on any atom is -0.465 e. The molecular formula is C6H12N2O2S. The normalized spacial score (nSPS) is 20.3. The van der Waals surface area contributed by atoms with Gasteiger partial charge in [0.25, 0.3) is 0 Å².